The summed E-state index contributed by atoms with van der Waals surface area (Å²) in [5, 5.41) is 4.97. The quantitative estimate of drug-likeness (QED) is 0.658. The molecule has 0 amide bonds. The molecular weight excluding hydrogens is 288 g/mol. The molecule has 1 heterocycles. The highest BCUT2D eigenvalue weighted by atomic mass is 35.5. The molecule has 0 fully saturated rings. The lowest BCUT2D eigenvalue weighted by atomic mass is 9.97. The number of rotatable bonds is 5. The molecule has 0 bridgehead atoms. The van der Waals surface area contributed by atoms with Crippen LogP contribution in [0, 0.1) is 13.8 Å². The fourth-order valence-electron chi connectivity index (χ4n) is 2.49. The Labute approximate surface area is 130 Å². The number of aromatic nitrogens is 2. The molecule has 1 aromatic carbocycles. The maximum absolute atomic E-state index is 6.31. The molecule has 21 heavy (non-hydrogen) atoms. The van der Waals surface area contributed by atoms with Crippen LogP contribution in [0.3, 0.4) is 0 Å². The summed E-state index contributed by atoms with van der Waals surface area (Å²) in [6.45, 7) is 3.99. The van der Waals surface area contributed by atoms with Crippen LogP contribution in [-0.4, -0.2) is 16.9 Å². The van der Waals surface area contributed by atoms with E-state index in [0.717, 1.165) is 28.1 Å². The van der Waals surface area contributed by atoms with Crippen molar-refractivity contribution in [3.63, 3.8) is 0 Å². The van der Waals surface area contributed by atoms with Crippen LogP contribution < -0.4 is 16.0 Å². The second-order valence-corrected chi connectivity index (χ2v) is 5.51. The molecule has 0 saturated heterocycles. The van der Waals surface area contributed by atoms with Gasteiger partial charge in [-0.3, -0.25) is 16.0 Å². The summed E-state index contributed by atoms with van der Waals surface area (Å²) in [6, 6.07) is 5.94. The van der Waals surface area contributed by atoms with E-state index in [0.29, 0.717) is 11.6 Å². The van der Waals surface area contributed by atoms with Gasteiger partial charge < -0.3 is 4.74 Å². The lowest BCUT2D eigenvalue weighted by Crippen LogP contribution is -2.30. The van der Waals surface area contributed by atoms with E-state index < -0.39 is 0 Å². The van der Waals surface area contributed by atoms with Gasteiger partial charge in [-0.25, -0.2) is 0 Å². The van der Waals surface area contributed by atoms with Gasteiger partial charge in [-0.05, 0) is 26.3 Å². The zero-order valence-corrected chi connectivity index (χ0v) is 13.5. The molecule has 3 N–H and O–H groups in total. The Morgan fingerprint density at radius 1 is 1.43 bits per heavy atom. The van der Waals surface area contributed by atoms with Crippen LogP contribution in [0.2, 0.25) is 5.15 Å². The third-order valence-corrected chi connectivity index (χ3v) is 4.11. The number of hydrogen-bond acceptors (Lipinski definition) is 4. The number of aryl methyl sites for hydroxylation is 3. The summed E-state index contributed by atoms with van der Waals surface area (Å²) < 4.78 is 7.11. The van der Waals surface area contributed by atoms with Crippen molar-refractivity contribution in [2.75, 3.05) is 7.11 Å². The maximum Gasteiger partial charge on any atom is 0.130 e. The van der Waals surface area contributed by atoms with Gasteiger partial charge in [0.2, 0.25) is 0 Å². The van der Waals surface area contributed by atoms with Crippen molar-refractivity contribution in [2.24, 2.45) is 12.9 Å². The largest absolute Gasteiger partial charge is 0.496 e. The average Bonchev–Trinajstić information content (AvgIpc) is 2.70. The van der Waals surface area contributed by atoms with E-state index in [1.54, 1.807) is 11.8 Å². The Morgan fingerprint density at radius 3 is 2.67 bits per heavy atom. The first-order valence-corrected chi connectivity index (χ1v) is 7.14. The SMILES string of the molecule is COc1ccc(C)cc1C(Cc1c(C)nn(C)c1Cl)NN. The molecule has 0 radical (unpaired) electrons. The first kappa shape index (κ1) is 15.8. The standard InChI is InChI=1S/C15H21ClN4O/c1-9-5-6-14(21-4)12(7-9)13(18-17)8-11-10(2)19-20(3)15(11)16/h5-7,13,18H,8,17H2,1-4H3. The van der Waals surface area contributed by atoms with Gasteiger partial charge in [0, 0.05) is 18.2 Å². The first-order valence-electron chi connectivity index (χ1n) is 6.76. The van der Waals surface area contributed by atoms with Crippen LogP contribution in [0.15, 0.2) is 18.2 Å². The van der Waals surface area contributed by atoms with Crippen LogP contribution in [0.1, 0.15) is 28.4 Å². The van der Waals surface area contributed by atoms with Gasteiger partial charge in [0.25, 0.3) is 0 Å². The average molecular weight is 309 g/mol. The maximum atomic E-state index is 6.31. The molecule has 2 aromatic rings. The molecule has 0 aliphatic carbocycles. The highest BCUT2D eigenvalue weighted by molar-refractivity contribution is 6.30. The second-order valence-electron chi connectivity index (χ2n) is 5.15. The van der Waals surface area contributed by atoms with Crippen molar-refractivity contribution in [3.05, 3.63) is 45.7 Å². The van der Waals surface area contributed by atoms with Crippen molar-refractivity contribution in [1.82, 2.24) is 15.2 Å². The zero-order chi connectivity index (χ0) is 15.6. The topological polar surface area (TPSA) is 65.1 Å². The fourth-order valence-corrected chi connectivity index (χ4v) is 2.75. The predicted molar refractivity (Wildman–Crippen MR) is 84.5 cm³/mol. The molecule has 6 heteroatoms. The van der Waals surface area contributed by atoms with E-state index in [1.807, 2.05) is 33.0 Å². The van der Waals surface area contributed by atoms with Crippen LogP contribution in [0.5, 0.6) is 5.75 Å². The van der Waals surface area contributed by atoms with E-state index in [1.165, 1.54) is 0 Å². The highest BCUT2D eigenvalue weighted by Crippen LogP contribution is 2.31. The Bertz CT molecular complexity index is 639. The molecule has 114 valence electrons. The normalized spacial score (nSPS) is 12.5. The minimum atomic E-state index is -0.0970. The summed E-state index contributed by atoms with van der Waals surface area (Å²) >= 11 is 6.31. The summed E-state index contributed by atoms with van der Waals surface area (Å²) in [5.41, 5.74) is 6.93. The zero-order valence-electron chi connectivity index (χ0n) is 12.8. The van der Waals surface area contributed by atoms with Crippen LogP contribution >= 0.6 is 11.6 Å². The van der Waals surface area contributed by atoms with Crippen molar-refractivity contribution >= 4 is 11.6 Å². The third-order valence-electron chi connectivity index (χ3n) is 3.64. The number of benzene rings is 1. The minimum Gasteiger partial charge on any atom is -0.496 e. The number of halogens is 1. The molecule has 5 nitrogen and oxygen atoms in total. The summed E-state index contributed by atoms with van der Waals surface area (Å²) in [7, 11) is 3.49. The van der Waals surface area contributed by atoms with Crippen LogP contribution in [0.25, 0.3) is 0 Å². The minimum absolute atomic E-state index is 0.0970. The number of hydrogen-bond donors (Lipinski definition) is 2. The molecule has 1 aromatic heterocycles. The molecule has 1 atom stereocenters. The molecule has 0 saturated carbocycles. The number of nitrogens with one attached hydrogen (secondary N) is 1. The van der Waals surface area contributed by atoms with Gasteiger partial charge in [0.05, 0.1) is 18.8 Å². The lowest BCUT2D eigenvalue weighted by molar-refractivity contribution is 0.399. The molecular formula is C15H21ClN4O. The van der Waals surface area contributed by atoms with E-state index in [9.17, 15) is 0 Å². The Morgan fingerprint density at radius 2 is 2.14 bits per heavy atom. The first-order chi connectivity index (χ1) is 9.97. The van der Waals surface area contributed by atoms with E-state index in [2.05, 4.69) is 16.6 Å². The number of nitrogens with zero attached hydrogens (tertiary/aromatic N) is 2. The molecule has 0 aliphatic rings. The highest BCUT2D eigenvalue weighted by Gasteiger charge is 2.20. The van der Waals surface area contributed by atoms with Gasteiger partial charge in [0.1, 0.15) is 10.9 Å². The number of ether oxygens (including phenoxy) is 1. The van der Waals surface area contributed by atoms with Gasteiger partial charge in [-0.2, -0.15) is 5.10 Å². The number of methoxy groups -OCH3 is 1. The van der Waals surface area contributed by atoms with Crippen LogP contribution in [0.4, 0.5) is 0 Å². The summed E-state index contributed by atoms with van der Waals surface area (Å²) in [5.74, 6) is 6.56. The van der Waals surface area contributed by atoms with Gasteiger partial charge in [-0.15, -0.1) is 0 Å². The van der Waals surface area contributed by atoms with E-state index in [-0.39, 0.29) is 6.04 Å². The molecule has 0 aliphatic heterocycles. The van der Waals surface area contributed by atoms with Gasteiger partial charge >= 0.3 is 0 Å². The Hall–Kier alpha value is -1.56. The number of nitrogens with two attached hydrogens (primary N) is 1. The lowest BCUT2D eigenvalue weighted by Gasteiger charge is -2.19. The van der Waals surface area contributed by atoms with Crippen molar-refractivity contribution < 1.29 is 4.74 Å². The van der Waals surface area contributed by atoms with Crippen molar-refractivity contribution in [1.29, 1.82) is 0 Å². The molecule has 2 rings (SSSR count). The fraction of sp³-hybridized carbons (Fsp3) is 0.400. The summed E-state index contributed by atoms with van der Waals surface area (Å²) in [4.78, 5) is 0. The Kier molecular flexibility index (Phi) is 4.88. The van der Waals surface area contributed by atoms with Crippen LogP contribution in [-0.2, 0) is 13.5 Å². The molecule has 1 unspecified atom stereocenters. The smallest absolute Gasteiger partial charge is 0.130 e. The van der Waals surface area contributed by atoms with E-state index >= 15 is 0 Å². The monoisotopic (exact) mass is 308 g/mol. The van der Waals surface area contributed by atoms with Crippen molar-refractivity contribution in [2.45, 2.75) is 26.3 Å². The van der Waals surface area contributed by atoms with E-state index in [4.69, 9.17) is 22.2 Å². The van der Waals surface area contributed by atoms with Gasteiger partial charge in [0.15, 0.2) is 0 Å². The molecule has 0 spiro atoms. The third kappa shape index (κ3) is 3.20. The second kappa shape index (κ2) is 6.47. The van der Waals surface area contributed by atoms with Crippen molar-refractivity contribution in [3.8, 4) is 5.75 Å². The Balaban J connectivity index is 2.38. The summed E-state index contributed by atoms with van der Waals surface area (Å²) in [6.07, 6.45) is 0.648. The number of hydrazine groups is 1. The van der Waals surface area contributed by atoms with Gasteiger partial charge in [-0.1, -0.05) is 29.3 Å². The predicted octanol–water partition coefficient (Wildman–Crippen LogP) is 2.45.